The van der Waals surface area contributed by atoms with Crippen LogP contribution in [0.1, 0.15) is 32.6 Å². The summed E-state index contributed by atoms with van der Waals surface area (Å²) >= 11 is 0. The van der Waals surface area contributed by atoms with Gasteiger partial charge in [-0.2, -0.15) is 0 Å². The van der Waals surface area contributed by atoms with Crippen molar-refractivity contribution < 1.29 is 4.21 Å². The summed E-state index contributed by atoms with van der Waals surface area (Å²) in [6.45, 7) is 3.89. The van der Waals surface area contributed by atoms with Gasteiger partial charge in [0.15, 0.2) is 5.96 Å². The summed E-state index contributed by atoms with van der Waals surface area (Å²) in [5.74, 6) is 1.40. The quantitative estimate of drug-likeness (QED) is 0.599. The van der Waals surface area contributed by atoms with Gasteiger partial charge in [-0.15, -0.1) is 0 Å². The second-order valence-corrected chi connectivity index (χ2v) is 7.49. The summed E-state index contributed by atoms with van der Waals surface area (Å²) in [5.41, 5.74) is 0.463. The predicted octanol–water partition coefficient (Wildman–Crippen LogP) is 2.54. The predicted molar refractivity (Wildman–Crippen MR) is 93.7 cm³/mol. The lowest BCUT2D eigenvalue weighted by molar-refractivity contribution is 0.131. The fourth-order valence-electron chi connectivity index (χ4n) is 2.78. The van der Waals surface area contributed by atoms with Gasteiger partial charge in [-0.1, -0.05) is 31.5 Å². The van der Waals surface area contributed by atoms with Crippen LogP contribution in [0.3, 0.4) is 0 Å². The standard InChI is InChI=1S/C17H27N3OS/c1-3-17(10-7-11-17)14-20-16(18-2)19-12-13-22(21)15-8-5-4-6-9-15/h4-6,8-9H,3,7,10-14H2,1-2H3,(H2,18,19,20). The van der Waals surface area contributed by atoms with Crippen LogP contribution in [0.15, 0.2) is 40.2 Å². The fourth-order valence-corrected chi connectivity index (χ4v) is 3.76. The van der Waals surface area contributed by atoms with Crippen LogP contribution in [0, 0.1) is 5.41 Å². The Bertz CT molecular complexity index is 506. The molecule has 1 aromatic rings. The molecule has 1 atom stereocenters. The molecule has 0 heterocycles. The highest BCUT2D eigenvalue weighted by Crippen LogP contribution is 2.42. The Morgan fingerprint density at radius 3 is 2.55 bits per heavy atom. The Hall–Kier alpha value is -1.36. The minimum Gasteiger partial charge on any atom is -0.356 e. The molecule has 0 spiro atoms. The lowest BCUT2D eigenvalue weighted by Gasteiger charge is -2.41. The van der Waals surface area contributed by atoms with Crippen LogP contribution >= 0.6 is 0 Å². The van der Waals surface area contributed by atoms with Gasteiger partial charge in [0, 0.05) is 30.8 Å². The molecule has 1 unspecified atom stereocenters. The van der Waals surface area contributed by atoms with Crippen LogP contribution in [0.5, 0.6) is 0 Å². The largest absolute Gasteiger partial charge is 0.356 e. The molecule has 22 heavy (non-hydrogen) atoms. The Kier molecular flexibility index (Phi) is 6.43. The molecule has 1 fully saturated rings. The molecule has 0 radical (unpaired) electrons. The topological polar surface area (TPSA) is 53.5 Å². The fraction of sp³-hybridized carbons (Fsp3) is 0.588. The molecule has 2 rings (SSSR count). The molecule has 122 valence electrons. The summed E-state index contributed by atoms with van der Waals surface area (Å²) in [6.07, 6.45) is 5.18. The van der Waals surface area contributed by atoms with Crippen molar-refractivity contribution in [3.8, 4) is 0 Å². The maximum Gasteiger partial charge on any atom is 0.191 e. The van der Waals surface area contributed by atoms with Crippen molar-refractivity contribution in [3.63, 3.8) is 0 Å². The van der Waals surface area contributed by atoms with E-state index in [4.69, 9.17) is 0 Å². The van der Waals surface area contributed by atoms with Crippen LogP contribution in [-0.4, -0.2) is 36.1 Å². The highest BCUT2D eigenvalue weighted by molar-refractivity contribution is 7.85. The Morgan fingerprint density at radius 1 is 1.27 bits per heavy atom. The molecule has 0 aliphatic heterocycles. The molecule has 5 heteroatoms. The molecule has 1 aliphatic carbocycles. The van der Waals surface area contributed by atoms with E-state index in [-0.39, 0.29) is 0 Å². The zero-order chi connectivity index (χ0) is 15.8. The summed E-state index contributed by atoms with van der Waals surface area (Å²) < 4.78 is 12.1. The first kappa shape index (κ1) is 17.0. The number of hydrogen-bond donors (Lipinski definition) is 2. The normalized spacial score (nSPS) is 18.4. The van der Waals surface area contributed by atoms with Gasteiger partial charge in [0.25, 0.3) is 0 Å². The molecule has 4 nitrogen and oxygen atoms in total. The molecular formula is C17H27N3OS. The van der Waals surface area contributed by atoms with E-state index in [0.717, 1.165) is 17.4 Å². The SMILES string of the molecule is CCC1(CNC(=NC)NCCS(=O)c2ccccc2)CCC1. The van der Waals surface area contributed by atoms with Crippen LogP contribution in [-0.2, 0) is 10.8 Å². The van der Waals surface area contributed by atoms with Crippen molar-refractivity contribution >= 4 is 16.8 Å². The van der Waals surface area contributed by atoms with E-state index < -0.39 is 10.8 Å². The number of nitrogens with zero attached hydrogens (tertiary/aromatic N) is 1. The summed E-state index contributed by atoms with van der Waals surface area (Å²) in [6, 6.07) is 9.60. The number of guanidine groups is 1. The average Bonchev–Trinajstić information content (AvgIpc) is 2.53. The smallest absolute Gasteiger partial charge is 0.191 e. The van der Waals surface area contributed by atoms with Crippen molar-refractivity contribution in [3.05, 3.63) is 30.3 Å². The maximum absolute atomic E-state index is 12.1. The van der Waals surface area contributed by atoms with Gasteiger partial charge >= 0.3 is 0 Å². The van der Waals surface area contributed by atoms with Crippen LogP contribution < -0.4 is 10.6 Å². The molecule has 0 aromatic heterocycles. The van der Waals surface area contributed by atoms with Crippen molar-refractivity contribution in [1.82, 2.24) is 10.6 Å². The molecule has 0 saturated heterocycles. The minimum absolute atomic E-state index is 0.463. The first-order valence-corrected chi connectivity index (χ1v) is 9.39. The lowest BCUT2D eigenvalue weighted by atomic mass is 9.67. The van der Waals surface area contributed by atoms with Crippen LogP contribution in [0.25, 0.3) is 0 Å². The highest BCUT2D eigenvalue weighted by atomic mass is 32.2. The van der Waals surface area contributed by atoms with E-state index in [1.165, 1.54) is 25.7 Å². The van der Waals surface area contributed by atoms with E-state index in [0.29, 0.717) is 17.7 Å². The number of benzene rings is 1. The lowest BCUT2D eigenvalue weighted by Crippen LogP contribution is -2.46. The Balaban J connectivity index is 1.71. The molecule has 1 aliphatic rings. The van der Waals surface area contributed by atoms with Gasteiger partial charge in [0.1, 0.15) is 0 Å². The molecular weight excluding hydrogens is 294 g/mol. The monoisotopic (exact) mass is 321 g/mol. The second-order valence-electron chi connectivity index (χ2n) is 5.92. The Morgan fingerprint density at radius 2 is 2.00 bits per heavy atom. The van der Waals surface area contributed by atoms with E-state index in [9.17, 15) is 4.21 Å². The van der Waals surface area contributed by atoms with Gasteiger partial charge in [0.2, 0.25) is 0 Å². The number of rotatable bonds is 7. The average molecular weight is 321 g/mol. The molecule has 1 saturated carbocycles. The van der Waals surface area contributed by atoms with Gasteiger partial charge < -0.3 is 10.6 Å². The van der Waals surface area contributed by atoms with E-state index in [1.807, 2.05) is 30.3 Å². The van der Waals surface area contributed by atoms with Gasteiger partial charge in [-0.3, -0.25) is 9.20 Å². The van der Waals surface area contributed by atoms with Gasteiger partial charge in [0.05, 0.1) is 10.8 Å². The summed E-state index contributed by atoms with van der Waals surface area (Å²) in [4.78, 5) is 5.13. The third-order valence-electron chi connectivity index (χ3n) is 4.60. The summed E-state index contributed by atoms with van der Waals surface area (Å²) in [7, 11) is 0.820. The second kappa shape index (κ2) is 8.32. The third-order valence-corrected chi connectivity index (χ3v) is 5.98. The van der Waals surface area contributed by atoms with Gasteiger partial charge in [-0.25, -0.2) is 0 Å². The van der Waals surface area contributed by atoms with Crippen LogP contribution in [0.4, 0.5) is 0 Å². The molecule has 2 N–H and O–H groups in total. The zero-order valence-electron chi connectivity index (χ0n) is 13.6. The minimum atomic E-state index is -0.960. The summed E-state index contributed by atoms with van der Waals surface area (Å²) in [5, 5.41) is 6.68. The highest BCUT2D eigenvalue weighted by Gasteiger charge is 2.34. The number of aliphatic imine (C=N–C) groups is 1. The molecule has 1 aromatic carbocycles. The van der Waals surface area contributed by atoms with E-state index in [1.54, 1.807) is 7.05 Å². The maximum atomic E-state index is 12.1. The van der Waals surface area contributed by atoms with E-state index >= 15 is 0 Å². The third kappa shape index (κ3) is 4.57. The molecule has 0 bridgehead atoms. The van der Waals surface area contributed by atoms with Crippen LogP contribution in [0.2, 0.25) is 0 Å². The van der Waals surface area contributed by atoms with Crippen molar-refractivity contribution in [1.29, 1.82) is 0 Å². The number of hydrogen-bond acceptors (Lipinski definition) is 2. The van der Waals surface area contributed by atoms with E-state index in [2.05, 4.69) is 22.5 Å². The van der Waals surface area contributed by atoms with Gasteiger partial charge in [-0.05, 0) is 36.8 Å². The van der Waals surface area contributed by atoms with Crippen molar-refractivity contribution in [2.24, 2.45) is 10.4 Å². The molecule has 0 amide bonds. The zero-order valence-corrected chi connectivity index (χ0v) is 14.4. The van der Waals surface area contributed by atoms with Crippen molar-refractivity contribution in [2.75, 3.05) is 25.9 Å². The number of nitrogens with one attached hydrogen (secondary N) is 2. The first-order chi connectivity index (χ1) is 10.7. The first-order valence-electron chi connectivity index (χ1n) is 8.07. The Labute approximate surface area is 136 Å². The van der Waals surface area contributed by atoms with Crippen molar-refractivity contribution in [2.45, 2.75) is 37.5 Å².